The molecule has 2 aromatic rings. The van der Waals surface area contributed by atoms with Crippen LogP contribution in [0.15, 0.2) is 54.6 Å². The molecule has 1 aliphatic carbocycles. The first-order valence-corrected chi connectivity index (χ1v) is 11.6. The molecule has 1 saturated heterocycles. The normalized spacial score (nSPS) is 19.8. The van der Waals surface area contributed by atoms with Crippen LogP contribution in [0.3, 0.4) is 0 Å². The number of benzene rings is 2. The number of carbonyl (C=O) groups excluding carboxylic acids is 2. The molecule has 4 rings (SSSR count). The topological polar surface area (TPSA) is 40.6 Å². The van der Waals surface area contributed by atoms with Crippen molar-refractivity contribution in [2.75, 3.05) is 13.1 Å². The summed E-state index contributed by atoms with van der Waals surface area (Å²) in [4.78, 5) is 29.5. The van der Waals surface area contributed by atoms with E-state index in [0.29, 0.717) is 18.5 Å². The molecule has 0 spiro atoms. The molecule has 0 N–H and O–H groups in total. The average Bonchev–Trinajstić information content (AvgIpc) is 3.34. The van der Waals surface area contributed by atoms with E-state index in [1.807, 2.05) is 30.3 Å². The lowest BCUT2D eigenvalue weighted by molar-refractivity contribution is -0.151. The third-order valence-corrected chi connectivity index (χ3v) is 6.75. The summed E-state index contributed by atoms with van der Waals surface area (Å²) >= 11 is 0. The third kappa shape index (κ3) is 5.75. The number of carbonyl (C=O) groups is 2. The van der Waals surface area contributed by atoms with Crippen molar-refractivity contribution in [2.45, 2.75) is 57.3 Å². The smallest absolute Gasteiger partial charge is 0.332 e. The Hall–Kier alpha value is -2.83. The molecule has 2 aromatic carbocycles. The van der Waals surface area contributed by atoms with Crippen LogP contribution in [0.1, 0.15) is 48.8 Å². The Morgan fingerprint density at radius 3 is 2.36 bits per heavy atom. The molecule has 2 fully saturated rings. The van der Waals surface area contributed by atoms with Crippen LogP contribution >= 0.6 is 0 Å². The van der Waals surface area contributed by atoms with Crippen molar-refractivity contribution >= 4 is 11.8 Å². The van der Waals surface area contributed by atoms with E-state index in [2.05, 4.69) is 0 Å². The highest BCUT2D eigenvalue weighted by atomic mass is 19.4. The Morgan fingerprint density at radius 1 is 0.970 bits per heavy atom. The number of alkyl halides is 3. The Bertz CT molecular complexity index is 971. The van der Waals surface area contributed by atoms with E-state index in [1.165, 1.54) is 6.07 Å². The average molecular weight is 459 g/mol. The minimum atomic E-state index is -4.43. The standard InChI is InChI=1S/C26H29F3N2O2/c27-26(28,29)22-12-6-9-20(15-22)16-31-23(14-13-19-7-2-1-3-8-19)17-30(18-24(31)32)25(33)21-10-4-5-11-21/h1-3,6-9,12,15,21,23H,4-5,10-11,13-14,16-18H2/t23-/m0/s1. The van der Waals surface area contributed by atoms with Crippen LogP contribution in [-0.4, -0.2) is 40.7 Å². The Labute approximate surface area is 192 Å². The summed E-state index contributed by atoms with van der Waals surface area (Å²) in [5.74, 6) is -0.171. The molecule has 1 heterocycles. The zero-order valence-corrected chi connectivity index (χ0v) is 18.6. The van der Waals surface area contributed by atoms with Gasteiger partial charge in [-0.15, -0.1) is 0 Å². The van der Waals surface area contributed by atoms with Gasteiger partial charge in [0.15, 0.2) is 0 Å². The van der Waals surface area contributed by atoms with Crippen LogP contribution in [0, 0.1) is 5.92 Å². The number of halogens is 3. The predicted octanol–water partition coefficient (Wildman–Crippen LogP) is 5.07. The maximum absolute atomic E-state index is 13.2. The van der Waals surface area contributed by atoms with Crippen molar-refractivity contribution in [2.24, 2.45) is 5.92 Å². The molecule has 0 radical (unpaired) electrons. The lowest BCUT2D eigenvalue weighted by Gasteiger charge is -2.42. The predicted molar refractivity (Wildman–Crippen MR) is 119 cm³/mol. The molecule has 7 heteroatoms. The molecule has 0 unspecified atom stereocenters. The lowest BCUT2D eigenvalue weighted by atomic mass is 9.98. The summed E-state index contributed by atoms with van der Waals surface area (Å²) in [6.07, 6.45) is 0.749. The van der Waals surface area contributed by atoms with Gasteiger partial charge in [-0.1, -0.05) is 55.3 Å². The zero-order chi connectivity index (χ0) is 23.4. The number of hydrogen-bond donors (Lipinski definition) is 0. The summed E-state index contributed by atoms with van der Waals surface area (Å²) in [7, 11) is 0. The number of piperazine rings is 1. The summed E-state index contributed by atoms with van der Waals surface area (Å²) < 4.78 is 39.5. The monoisotopic (exact) mass is 458 g/mol. The molecule has 1 atom stereocenters. The summed E-state index contributed by atoms with van der Waals surface area (Å²) in [5, 5.41) is 0. The third-order valence-electron chi connectivity index (χ3n) is 6.75. The van der Waals surface area contributed by atoms with Crippen LogP contribution in [0.2, 0.25) is 0 Å². The molecule has 4 nitrogen and oxygen atoms in total. The Balaban J connectivity index is 1.53. The molecule has 1 saturated carbocycles. The minimum absolute atomic E-state index is 0.00384. The second-order valence-electron chi connectivity index (χ2n) is 9.10. The van der Waals surface area contributed by atoms with E-state index in [9.17, 15) is 22.8 Å². The minimum Gasteiger partial charge on any atom is -0.332 e. The van der Waals surface area contributed by atoms with Crippen molar-refractivity contribution < 1.29 is 22.8 Å². The van der Waals surface area contributed by atoms with Gasteiger partial charge in [-0.05, 0) is 48.9 Å². The van der Waals surface area contributed by atoms with Crippen molar-refractivity contribution in [1.29, 1.82) is 0 Å². The van der Waals surface area contributed by atoms with Gasteiger partial charge in [0.25, 0.3) is 0 Å². The van der Waals surface area contributed by atoms with Gasteiger partial charge >= 0.3 is 6.18 Å². The highest BCUT2D eigenvalue weighted by Crippen LogP contribution is 2.31. The van der Waals surface area contributed by atoms with Crippen LogP contribution in [-0.2, 0) is 28.7 Å². The fraction of sp³-hybridized carbons (Fsp3) is 0.462. The fourth-order valence-electron chi connectivity index (χ4n) is 4.96. The Morgan fingerprint density at radius 2 is 1.67 bits per heavy atom. The molecule has 0 aromatic heterocycles. The highest BCUT2D eigenvalue weighted by Gasteiger charge is 2.37. The number of nitrogens with zero attached hydrogens (tertiary/aromatic N) is 2. The molecule has 0 bridgehead atoms. The first-order chi connectivity index (χ1) is 15.8. The van der Waals surface area contributed by atoms with E-state index >= 15 is 0 Å². The van der Waals surface area contributed by atoms with Crippen molar-refractivity contribution in [3.63, 3.8) is 0 Å². The highest BCUT2D eigenvalue weighted by molar-refractivity contribution is 5.87. The number of aryl methyl sites for hydroxylation is 1. The van der Waals surface area contributed by atoms with Crippen molar-refractivity contribution in [3.8, 4) is 0 Å². The molecule has 2 amide bonds. The Kier molecular flexibility index (Phi) is 7.05. The second kappa shape index (κ2) is 9.98. The first-order valence-electron chi connectivity index (χ1n) is 11.6. The van der Waals surface area contributed by atoms with E-state index in [0.717, 1.165) is 49.8 Å². The lowest BCUT2D eigenvalue weighted by Crippen LogP contribution is -2.58. The van der Waals surface area contributed by atoms with Crippen LogP contribution in [0.25, 0.3) is 0 Å². The van der Waals surface area contributed by atoms with E-state index in [1.54, 1.807) is 15.9 Å². The van der Waals surface area contributed by atoms with E-state index in [4.69, 9.17) is 0 Å². The SMILES string of the molecule is O=C(C1CCCC1)N1CC(=O)N(Cc2cccc(C(F)(F)F)c2)[C@@H](CCc2ccccc2)C1. The van der Waals surface area contributed by atoms with Crippen molar-refractivity contribution in [1.82, 2.24) is 9.80 Å². The summed E-state index contributed by atoms with van der Waals surface area (Å²) in [6.45, 7) is 0.524. The maximum Gasteiger partial charge on any atom is 0.416 e. The number of rotatable bonds is 6. The van der Waals surface area contributed by atoms with Gasteiger partial charge in [0, 0.05) is 19.0 Å². The molecule has 33 heavy (non-hydrogen) atoms. The van der Waals surface area contributed by atoms with Crippen LogP contribution in [0.4, 0.5) is 13.2 Å². The second-order valence-corrected chi connectivity index (χ2v) is 9.10. The van der Waals surface area contributed by atoms with E-state index < -0.39 is 11.7 Å². The molecule has 1 aliphatic heterocycles. The molecular weight excluding hydrogens is 429 g/mol. The van der Waals surface area contributed by atoms with Crippen LogP contribution in [0.5, 0.6) is 0 Å². The summed E-state index contributed by atoms with van der Waals surface area (Å²) in [6, 6.07) is 14.8. The van der Waals surface area contributed by atoms with Gasteiger partial charge in [0.05, 0.1) is 18.2 Å². The van der Waals surface area contributed by atoms with Gasteiger partial charge in [-0.25, -0.2) is 0 Å². The molecule has 176 valence electrons. The van der Waals surface area contributed by atoms with Gasteiger partial charge < -0.3 is 9.80 Å². The van der Waals surface area contributed by atoms with Gasteiger partial charge in [-0.2, -0.15) is 13.2 Å². The molecular formula is C26H29F3N2O2. The number of amides is 2. The van der Waals surface area contributed by atoms with Gasteiger partial charge in [0.1, 0.15) is 0 Å². The van der Waals surface area contributed by atoms with Gasteiger partial charge in [0.2, 0.25) is 11.8 Å². The molecule has 2 aliphatic rings. The summed E-state index contributed by atoms with van der Waals surface area (Å²) in [5.41, 5.74) is 0.852. The fourth-order valence-corrected chi connectivity index (χ4v) is 4.96. The maximum atomic E-state index is 13.2. The van der Waals surface area contributed by atoms with Crippen molar-refractivity contribution in [3.05, 3.63) is 71.3 Å². The van der Waals surface area contributed by atoms with E-state index in [-0.39, 0.29) is 36.9 Å². The first kappa shape index (κ1) is 23.3. The quantitative estimate of drug-likeness (QED) is 0.607. The largest absolute Gasteiger partial charge is 0.416 e. The van der Waals surface area contributed by atoms with Gasteiger partial charge in [-0.3, -0.25) is 9.59 Å². The number of hydrogen-bond acceptors (Lipinski definition) is 2. The van der Waals surface area contributed by atoms with Crippen LogP contribution < -0.4 is 0 Å². The zero-order valence-electron chi connectivity index (χ0n) is 18.6.